The molecule has 1 N–H and O–H groups in total. The zero-order valence-electron chi connectivity index (χ0n) is 15.0. The van der Waals surface area contributed by atoms with E-state index in [-0.39, 0.29) is 17.7 Å². The smallest absolute Gasteiger partial charge is 0.253 e. The Morgan fingerprint density at radius 2 is 2.00 bits per heavy atom. The lowest BCUT2D eigenvalue weighted by Crippen LogP contribution is -2.37. The lowest BCUT2D eigenvalue weighted by atomic mass is 9.97. The molecule has 0 unspecified atom stereocenters. The lowest BCUT2D eigenvalue weighted by Gasteiger charge is -2.31. The molecule has 5 nitrogen and oxygen atoms in total. The highest BCUT2D eigenvalue weighted by Gasteiger charge is 2.29. The predicted octanol–water partition coefficient (Wildman–Crippen LogP) is 3.84. The number of thiazole rings is 1. The number of hydrogen-bond acceptors (Lipinski definition) is 4. The van der Waals surface area contributed by atoms with E-state index in [4.69, 9.17) is 16.6 Å². The number of likely N-dealkylation sites (tertiary alicyclic amines) is 1. The summed E-state index contributed by atoms with van der Waals surface area (Å²) in [5, 5.41) is 6.69. The summed E-state index contributed by atoms with van der Waals surface area (Å²) in [6.07, 6.45) is 3.85. The van der Waals surface area contributed by atoms with Crippen LogP contribution in [0.3, 0.4) is 0 Å². The molecule has 0 radical (unpaired) electrons. The van der Waals surface area contributed by atoms with Gasteiger partial charge in [-0.15, -0.1) is 11.3 Å². The molecule has 1 saturated heterocycles. The van der Waals surface area contributed by atoms with E-state index in [9.17, 15) is 9.59 Å². The van der Waals surface area contributed by atoms with Crippen LogP contribution < -0.4 is 5.32 Å². The highest BCUT2D eigenvalue weighted by molar-refractivity contribution is 7.09. The zero-order valence-corrected chi connectivity index (χ0v) is 16.6. The molecule has 2 heterocycles. The summed E-state index contributed by atoms with van der Waals surface area (Å²) in [6.45, 7) is 1.96. The maximum absolute atomic E-state index is 12.6. The van der Waals surface area contributed by atoms with Crippen LogP contribution in [-0.4, -0.2) is 34.8 Å². The third-order valence-electron chi connectivity index (χ3n) is 5.16. The van der Waals surface area contributed by atoms with Gasteiger partial charge in [-0.25, -0.2) is 4.98 Å². The number of carbonyl (C=O) groups excluding carboxylic acids is 2. The maximum Gasteiger partial charge on any atom is 0.253 e. The quantitative estimate of drug-likeness (QED) is 0.824. The highest BCUT2D eigenvalue weighted by Crippen LogP contribution is 2.31. The van der Waals surface area contributed by atoms with Crippen LogP contribution in [0.5, 0.6) is 0 Å². The van der Waals surface area contributed by atoms with Gasteiger partial charge in [-0.05, 0) is 43.9 Å². The Hall–Kier alpha value is -1.92. The van der Waals surface area contributed by atoms with E-state index < -0.39 is 0 Å². The minimum atomic E-state index is 0.0403. The van der Waals surface area contributed by atoms with E-state index in [1.807, 2.05) is 16.3 Å². The molecular formula is C20H22ClN3O2S. The summed E-state index contributed by atoms with van der Waals surface area (Å²) in [6, 6.07) is 7.11. The van der Waals surface area contributed by atoms with Gasteiger partial charge >= 0.3 is 0 Å². The van der Waals surface area contributed by atoms with Crippen LogP contribution in [0.25, 0.3) is 0 Å². The average Bonchev–Trinajstić information content (AvgIpc) is 3.44. The molecule has 1 aliphatic carbocycles. The molecule has 2 aliphatic rings. The number of carbonyl (C=O) groups is 2. The molecule has 0 atom stereocenters. The van der Waals surface area contributed by atoms with Crippen LogP contribution in [0.4, 0.5) is 0 Å². The molecule has 2 amide bonds. The number of hydrogen-bond donors (Lipinski definition) is 1. The van der Waals surface area contributed by atoms with Gasteiger partial charge in [0.2, 0.25) is 5.91 Å². The molecule has 2 fully saturated rings. The molecule has 0 bridgehead atoms. The Labute approximate surface area is 167 Å². The fraction of sp³-hybridized carbons (Fsp3) is 0.450. The summed E-state index contributed by atoms with van der Waals surface area (Å²) < 4.78 is 0. The molecule has 142 valence electrons. The van der Waals surface area contributed by atoms with E-state index in [1.165, 1.54) is 0 Å². The molecule has 1 aromatic carbocycles. The van der Waals surface area contributed by atoms with Crippen LogP contribution >= 0.6 is 22.9 Å². The second-order valence-corrected chi connectivity index (χ2v) is 8.57. The number of aromatic nitrogens is 1. The van der Waals surface area contributed by atoms with Gasteiger partial charge in [0.05, 0.1) is 17.2 Å². The fourth-order valence-electron chi connectivity index (χ4n) is 3.39. The van der Waals surface area contributed by atoms with E-state index in [2.05, 4.69) is 5.32 Å². The molecular weight excluding hydrogens is 382 g/mol. The van der Waals surface area contributed by atoms with Crippen molar-refractivity contribution >= 4 is 34.8 Å². The van der Waals surface area contributed by atoms with Crippen molar-refractivity contribution in [3.63, 3.8) is 0 Å². The Morgan fingerprint density at radius 1 is 1.22 bits per heavy atom. The van der Waals surface area contributed by atoms with E-state index in [0.29, 0.717) is 23.0 Å². The van der Waals surface area contributed by atoms with Crippen LogP contribution in [-0.2, 0) is 11.3 Å². The first-order chi connectivity index (χ1) is 13.1. The van der Waals surface area contributed by atoms with Gasteiger partial charge < -0.3 is 10.2 Å². The summed E-state index contributed by atoms with van der Waals surface area (Å²) >= 11 is 7.65. The lowest BCUT2D eigenvalue weighted by molar-refractivity contribution is -0.122. The normalized spacial score (nSPS) is 17.7. The third-order valence-corrected chi connectivity index (χ3v) is 6.46. The number of halogens is 1. The standard InChI is InChI=1S/C20H22ClN3O2S/c21-16-3-1-2-15(10-16)20(26)24-8-6-14(7-9-24)19-23-17(12-27-19)11-22-18(25)13-4-5-13/h1-3,10,12-14H,4-9,11H2,(H,22,25). The minimum absolute atomic E-state index is 0.0403. The number of benzene rings is 1. The Balaban J connectivity index is 1.30. The van der Waals surface area contributed by atoms with E-state index in [0.717, 1.165) is 49.5 Å². The van der Waals surface area contributed by atoms with E-state index >= 15 is 0 Å². The number of nitrogens with one attached hydrogen (secondary N) is 1. The van der Waals surface area contributed by atoms with Gasteiger partial charge in [-0.3, -0.25) is 9.59 Å². The number of amides is 2. The van der Waals surface area contributed by atoms with Crippen molar-refractivity contribution in [1.82, 2.24) is 15.2 Å². The average molecular weight is 404 g/mol. The summed E-state index contributed by atoms with van der Waals surface area (Å²) in [5.74, 6) is 0.798. The molecule has 0 spiro atoms. The van der Waals surface area contributed by atoms with Gasteiger partial charge in [0, 0.05) is 40.9 Å². The van der Waals surface area contributed by atoms with Crippen molar-refractivity contribution in [2.75, 3.05) is 13.1 Å². The third kappa shape index (κ3) is 4.50. The number of nitrogens with zero attached hydrogens (tertiary/aromatic N) is 2. The Kier molecular flexibility index (Phi) is 5.45. The second kappa shape index (κ2) is 7.98. The minimum Gasteiger partial charge on any atom is -0.350 e. The van der Waals surface area contributed by atoms with Crippen LogP contribution in [0.15, 0.2) is 29.6 Å². The molecule has 1 aromatic heterocycles. The Morgan fingerprint density at radius 3 is 2.70 bits per heavy atom. The molecule has 1 aliphatic heterocycles. The van der Waals surface area contributed by atoms with Gasteiger partial charge in [0.25, 0.3) is 5.91 Å². The molecule has 2 aromatic rings. The number of rotatable bonds is 5. The van der Waals surface area contributed by atoms with Crippen molar-refractivity contribution in [1.29, 1.82) is 0 Å². The molecule has 4 rings (SSSR count). The van der Waals surface area contributed by atoms with Crippen LogP contribution in [0.2, 0.25) is 5.02 Å². The van der Waals surface area contributed by atoms with E-state index in [1.54, 1.807) is 29.5 Å². The second-order valence-electron chi connectivity index (χ2n) is 7.25. The molecule has 1 saturated carbocycles. The van der Waals surface area contributed by atoms with Crippen LogP contribution in [0.1, 0.15) is 52.7 Å². The van der Waals surface area contributed by atoms with Gasteiger partial charge in [-0.1, -0.05) is 17.7 Å². The van der Waals surface area contributed by atoms with Crippen molar-refractivity contribution in [2.45, 2.75) is 38.1 Å². The van der Waals surface area contributed by atoms with Crippen molar-refractivity contribution in [3.8, 4) is 0 Å². The first-order valence-corrected chi connectivity index (χ1v) is 10.6. The monoisotopic (exact) mass is 403 g/mol. The van der Waals surface area contributed by atoms with Crippen molar-refractivity contribution in [2.24, 2.45) is 5.92 Å². The van der Waals surface area contributed by atoms with Crippen LogP contribution in [0, 0.1) is 5.92 Å². The maximum atomic E-state index is 12.6. The predicted molar refractivity (Wildman–Crippen MR) is 106 cm³/mol. The van der Waals surface area contributed by atoms with Crippen molar-refractivity contribution < 1.29 is 9.59 Å². The Bertz CT molecular complexity index is 841. The van der Waals surface area contributed by atoms with Gasteiger partial charge in [0.1, 0.15) is 0 Å². The fourth-order valence-corrected chi connectivity index (χ4v) is 4.57. The molecule has 7 heteroatoms. The summed E-state index contributed by atoms with van der Waals surface area (Å²) in [7, 11) is 0. The topological polar surface area (TPSA) is 62.3 Å². The largest absolute Gasteiger partial charge is 0.350 e. The van der Waals surface area contributed by atoms with Gasteiger partial charge in [0.15, 0.2) is 0 Å². The first kappa shape index (κ1) is 18.4. The first-order valence-electron chi connectivity index (χ1n) is 9.37. The highest BCUT2D eigenvalue weighted by atomic mass is 35.5. The van der Waals surface area contributed by atoms with Crippen molar-refractivity contribution in [3.05, 3.63) is 50.9 Å². The number of piperidine rings is 1. The SMILES string of the molecule is O=C(NCc1csc(C2CCN(C(=O)c3cccc(Cl)c3)CC2)n1)C1CC1. The van der Waals surface area contributed by atoms with Gasteiger partial charge in [-0.2, -0.15) is 0 Å². The molecule has 27 heavy (non-hydrogen) atoms. The summed E-state index contributed by atoms with van der Waals surface area (Å²) in [4.78, 5) is 31.0. The summed E-state index contributed by atoms with van der Waals surface area (Å²) in [5.41, 5.74) is 1.57. The zero-order chi connectivity index (χ0) is 18.8.